The Balaban J connectivity index is 2.42. The number of hydrogen-bond acceptors (Lipinski definition) is 2. The van der Waals surface area contributed by atoms with Crippen molar-refractivity contribution < 1.29 is 19.1 Å². The van der Waals surface area contributed by atoms with Crippen LogP contribution in [0.1, 0.15) is 37.8 Å². The van der Waals surface area contributed by atoms with E-state index >= 15 is 0 Å². The molecule has 1 aromatic carbocycles. The fraction of sp³-hybridized carbons (Fsp3) is 0.385. The van der Waals surface area contributed by atoms with Crippen LogP contribution in [-0.4, -0.2) is 17.0 Å². The van der Waals surface area contributed by atoms with Gasteiger partial charge in [0.25, 0.3) is 0 Å². The first-order chi connectivity index (χ1) is 8.49. The Morgan fingerprint density at radius 2 is 2.11 bits per heavy atom. The van der Waals surface area contributed by atoms with Gasteiger partial charge < -0.3 is 10.4 Å². The predicted octanol–water partition coefficient (Wildman–Crippen LogP) is 2.26. The average molecular weight is 253 g/mol. The standard InChI is InChI=1S/C13H16FNO3/c1-9(10-4-2-5-11(14)8-10)15-12(16)6-3-7-13(17)18/h2,4-5,8-9H,3,6-7H2,1H3,(H,15,16)(H,17,18)/t9-/m0/s1. The van der Waals surface area contributed by atoms with Crippen molar-refractivity contribution in [3.05, 3.63) is 35.6 Å². The van der Waals surface area contributed by atoms with Gasteiger partial charge in [0.2, 0.25) is 5.91 Å². The second-order valence-corrected chi connectivity index (χ2v) is 4.09. The van der Waals surface area contributed by atoms with Crippen molar-refractivity contribution in [2.45, 2.75) is 32.2 Å². The Morgan fingerprint density at radius 1 is 1.39 bits per heavy atom. The third-order valence-electron chi connectivity index (χ3n) is 2.52. The highest BCUT2D eigenvalue weighted by Crippen LogP contribution is 2.13. The Kier molecular flexibility index (Phi) is 5.30. The first-order valence-electron chi connectivity index (χ1n) is 5.75. The Labute approximate surface area is 105 Å². The first-order valence-corrected chi connectivity index (χ1v) is 5.75. The molecule has 0 saturated heterocycles. The van der Waals surface area contributed by atoms with Gasteiger partial charge in [0.1, 0.15) is 5.82 Å². The summed E-state index contributed by atoms with van der Waals surface area (Å²) in [5, 5.41) is 11.1. The number of nitrogens with one attached hydrogen (secondary N) is 1. The topological polar surface area (TPSA) is 66.4 Å². The molecule has 0 aliphatic rings. The van der Waals surface area contributed by atoms with Gasteiger partial charge in [-0.3, -0.25) is 9.59 Å². The molecule has 98 valence electrons. The predicted molar refractivity (Wildman–Crippen MR) is 64.4 cm³/mol. The fourth-order valence-corrected chi connectivity index (χ4v) is 1.57. The smallest absolute Gasteiger partial charge is 0.303 e. The zero-order valence-corrected chi connectivity index (χ0v) is 10.1. The molecule has 2 N–H and O–H groups in total. The second-order valence-electron chi connectivity index (χ2n) is 4.09. The Morgan fingerprint density at radius 3 is 2.72 bits per heavy atom. The van der Waals surface area contributed by atoms with Crippen LogP contribution in [0.4, 0.5) is 4.39 Å². The molecule has 0 bridgehead atoms. The molecule has 0 radical (unpaired) electrons. The van der Waals surface area contributed by atoms with Crippen molar-refractivity contribution in [3.63, 3.8) is 0 Å². The van der Waals surface area contributed by atoms with Gasteiger partial charge in [0, 0.05) is 12.8 Å². The highest BCUT2D eigenvalue weighted by atomic mass is 19.1. The molecule has 5 heteroatoms. The fourth-order valence-electron chi connectivity index (χ4n) is 1.57. The van der Waals surface area contributed by atoms with E-state index in [4.69, 9.17) is 5.11 Å². The summed E-state index contributed by atoms with van der Waals surface area (Å²) in [6.07, 6.45) is 0.435. The zero-order valence-electron chi connectivity index (χ0n) is 10.1. The molecule has 0 aliphatic heterocycles. The van der Waals surface area contributed by atoms with Gasteiger partial charge in [0.15, 0.2) is 0 Å². The van der Waals surface area contributed by atoms with Crippen molar-refractivity contribution >= 4 is 11.9 Å². The van der Waals surface area contributed by atoms with Crippen molar-refractivity contribution in [1.29, 1.82) is 0 Å². The summed E-state index contributed by atoms with van der Waals surface area (Å²) in [5.74, 6) is -1.49. The molecule has 1 rings (SSSR count). The lowest BCUT2D eigenvalue weighted by Crippen LogP contribution is -2.26. The quantitative estimate of drug-likeness (QED) is 0.817. The Hall–Kier alpha value is -1.91. The van der Waals surface area contributed by atoms with Gasteiger partial charge >= 0.3 is 5.97 Å². The molecular weight excluding hydrogens is 237 g/mol. The lowest BCUT2D eigenvalue weighted by Gasteiger charge is -2.14. The number of halogens is 1. The molecule has 1 atom stereocenters. The number of carboxylic acid groups (broad SMARTS) is 1. The summed E-state index contributed by atoms with van der Waals surface area (Å²) in [5.41, 5.74) is 0.682. The minimum absolute atomic E-state index is 0.0260. The third-order valence-corrected chi connectivity index (χ3v) is 2.52. The van der Waals surface area contributed by atoms with Crippen LogP contribution in [-0.2, 0) is 9.59 Å². The summed E-state index contributed by atoms with van der Waals surface area (Å²) in [7, 11) is 0. The van der Waals surface area contributed by atoms with E-state index in [1.165, 1.54) is 12.1 Å². The van der Waals surface area contributed by atoms with E-state index in [0.29, 0.717) is 12.0 Å². The van der Waals surface area contributed by atoms with Gasteiger partial charge in [-0.2, -0.15) is 0 Å². The normalized spacial score (nSPS) is 11.9. The van der Waals surface area contributed by atoms with Gasteiger partial charge in [-0.25, -0.2) is 4.39 Å². The number of amides is 1. The van der Waals surface area contributed by atoms with Gasteiger partial charge in [-0.05, 0) is 31.0 Å². The molecule has 0 spiro atoms. The summed E-state index contributed by atoms with van der Waals surface area (Å²) in [6.45, 7) is 1.75. The van der Waals surface area contributed by atoms with Crippen LogP contribution in [0.2, 0.25) is 0 Å². The number of hydrogen-bond donors (Lipinski definition) is 2. The van der Waals surface area contributed by atoms with E-state index in [1.807, 2.05) is 0 Å². The minimum atomic E-state index is -0.916. The molecule has 0 saturated carbocycles. The van der Waals surface area contributed by atoms with E-state index in [2.05, 4.69) is 5.32 Å². The molecule has 1 aromatic rings. The number of carboxylic acids is 1. The van der Waals surface area contributed by atoms with E-state index in [1.54, 1.807) is 19.1 Å². The molecule has 18 heavy (non-hydrogen) atoms. The van der Waals surface area contributed by atoms with Gasteiger partial charge in [-0.15, -0.1) is 0 Å². The second kappa shape index (κ2) is 6.74. The van der Waals surface area contributed by atoms with Gasteiger partial charge in [0.05, 0.1) is 6.04 Å². The van der Waals surface area contributed by atoms with Crippen LogP contribution in [0, 0.1) is 5.82 Å². The highest BCUT2D eigenvalue weighted by Gasteiger charge is 2.10. The lowest BCUT2D eigenvalue weighted by molar-refractivity contribution is -0.137. The summed E-state index contributed by atoms with van der Waals surface area (Å²) in [4.78, 5) is 21.8. The average Bonchev–Trinajstić information content (AvgIpc) is 2.28. The monoisotopic (exact) mass is 253 g/mol. The number of aliphatic carboxylic acids is 1. The highest BCUT2D eigenvalue weighted by molar-refractivity contribution is 5.77. The maximum atomic E-state index is 13.0. The summed E-state index contributed by atoms with van der Waals surface area (Å²) >= 11 is 0. The van der Waals surface area contributed by atoms with E-state index in [9.17, 15) is 14.0 Å². The first kappa shape index (κ1) is 14.2. The molecular formula is C13H16FNO3. The number of benzene rings is 1. The van der Waals surface area contributed by atoms with Crippen molar-refractivity contribution in [1.82, 2.24) is 5.32 Å². The van der Waals surface area contributed by atoms with E-state index < -0.39 is 5.97 Å². The molecule has 1 amide bonds. The van der Waals surface area contributed by atoms with Crippen LogP contribution in [0.5, 0.6) is 0 Å². The van der Waals surface area contributed by atoms with Crippen molar-refractivity contribution in [3.8, 4) is 0 Å². The maximum absolute atomic E-state index is 13.0. The van der Waals surface area contributed by atoms with Gasteiger partial charge in [-0.1, -0.05) is 12.1 Å². The van der Waals surface area contributed by atoms with Crippen LogP contribution in [0.25, 0.3) is 0 Å². The van der Waals surface area contributed by atoms with Crippen LogP contribution < -0.4 is 5.32 Å². The van der Waals surface area contributed by atoms with E-state index in [0.717, 1.165) is 0 Å². The largest absolute Gasteiger partial charge is 0.481 e. The number of rotatable bonds is 6. The molecule has 0 aromatic heterocycles. The third kappa shape index (κ3) is 4.95. The maximum Gasteiger partial charge on any atom is 0.303 e. The van der Waals surface area contributed by atoms with Crippen molar-refractivity contribution in [2.75, 3.05) is 0 Å². The Bertz CT molecular complexity index is 434. The lowest BCUT2D eigenvalue weighted by atomic mass is 10.1. The molecule has 4 nitrogen and oxygen atoms in total. The summed E-state index contributed by atoms with van der Waals surface area (Å²) in [6, 6.07) is 5.72. The molecule has 0 unspecified atom stereocenters. The minimum Gasteiger partial charge on any atom is -0.481 e. The number of carbonyl (C=O) groups is 2. The molecule has 0 aliphatic carbocycles. The van der Waals surface area contributed by atoms with Crippen LogP contribution in [0.3, 0.4) is 0 Å². The SMILES string of the molecule is C[C@H](NC(=O)CCCC(=O)O)c1cccc(F)c1. The van der Waals surface area contributed by atoms with Crippen LogP contribution >= 0.6 is 0 Å². The molecule has 0 fully saturated rings. The van der Waals surface area contributed by atoms with Crippen LogP contribution in [0.15, 0.2) is 24.3 Å². The van der Waals surface area contributed by atoms with Crippen molar-refractivity contribution in [2.24, 2.45) is 0 Å². The number of carbonyl (C=O) groups excluding carboxylic acids is 1. The summed E-state index contributed by atoms with van der Waals surface area (Å²) < 4.78 is 13.0. The molecule has 0 heterocycles. The van der Waals surface area contributed by atoms with E-state index in [-0.39, 0.29) is 30.6 Å². The zero-order chi connectivity index (χ0) is 13.5.